The Balaban J connectivity index is 2.34. The van der Waals surface area contributed by atoms with Gasteiger partial charge in [-0.15, -0.1) is 0 Å². The number of hydrogen-bond donors (Lipinski definition) is 0. The summed E-state index contributed by atoms with van der Waals surface area (Å²) in [6, 6.07) is 11.4. The van der Waals surface area contributed by atoms with Crippen LogP contribution in [0.5, 0.6) is 5.88 Å². The second-order valence-corrected chi connectivity index (χ2v) is 5.02. The molecule has 17 heavy (non-hydrogen) atoms. The van der Waals surface area contributed by atoms with Gasteiger partial charge >= 0.3 is 10.1 Å². The van der Waals surface area contributed by atoms with E-state index in [0.717, 1.165) is 0 Å². The van der Waals surface area contributed by atoms with Crippen LogP contribution in [0.2, 0.25) is 0 Å². The van der Waals surface area contributed by atoms with Gasteiger partial charge in [0.25, 0.3) is 0 Å². The van der Waals surface area contributed by atoms with Crippen LogP contribution in [0.15, 0.2) is 53.6 Å². The number of aryl methyl sites for hydroxylation is 1. The van der Waals surface area contributed by atoms with Crippen molar-refractivity contribution in [1.82, 2.24) is 4.98 Å². The highest BCUT2D eigenvalue weighted by atomic mass is 32.2. The largest absolute Gasteiger partial charge is 0.358 e. The number of pyridine rings is 1. The minimum atomic E-state index is -3.80. The van der Waals surface area contributed by atoms with Gasteiger partial charge in [0.2, 0.25) is 5.88 Å². The maximum absolute atomic E-state index is 11.9. The van der Waals surface area contributed by atoms with Crippen LogP contribution in [-0.2, 0) is 10.1 Å². The molecule has 1 heterocycles. The standard InChI is InChI=1S/C12H11NO3S/c1-10-6-5-9-13-12(10)16-17(14,15)11-7-3-2-4-8-11/h2-9H,1H3. The van der Waals surface area contributed by atoms with Crippen molar-refractivity contribution in [2.75, 3.05) is 0 Å². The van der Waals surface area contributed by atoms with Crippen molar-refractivity contribution in [3.05, 3.63) is 54.2 Å². The van der Waals surface area contributed by atoms with Gasteiger partial charge in [-0.25, -0.2) is 4.98 Å². The first-order valence-electron chi connectivity index (χ1n) is 5.01. The summed E-state index contributed by atoms with van der Waals surface area (Å²) in [6.45, 7) is 1.74. The Morgan fingerprint density at radius 1 is 1.06 bits per heavy atom. The molecule has 1 aromatic heterocycles. The Morgan fingerprint density at radius 3 is 2.41 bits per heavy atom. The molecule has 2 rings (SSSR count). The normalized spacial score (nSPS) is 11.1. The zero-order valence-electron chi connectivity index (χ0n) is 9.20. The van der Waals surface area contributed by atoms with E-state index < -0.39 is 10.1 Å². The van der Waals surface area contributed by atoms with Crippen LogP contribution in [0.25, 0.3) is 0 Å². The number of benzene rings is 1. The predicted octanol–water partition coefficient (Wildman–Crippen LogP) is 2.16. The van der Waals surface area contributed by atoms with Crippen molar-refractivity contribution in [3.63, 3.8) is 0 Å². The lowest BCUT2D eigenvalue weighted by atomic mass is 10.3. The Kier molecular flexibility index (Phi) is 3.10. The molecule has 0 aliphatic heterocycles. The summed E-state index contributed by atoms with van der Waals surface area (Å²) in [7, 11) is -3.80. The van der Waals surface area contributed by atoms with Crippen LogP contribution in [0.4, 0.5) is 0 Å². The topological polar surface area (TPSA) is 56.3 Å². The number of nitrogens with zero attached hydrogens (tertiary/aromatic N) is 1. The van der Waals surface area contributed by atoms with Crippen LogP contribution in [0.1, 0.15) is 5.56 Å². The van der Waals surface area contributed by atoms with Crippen LogP contribution in [0.3, 0.4) is 0 Å². The third kappa shape index (κ3) is 2.62. The first-order valence-corrected chi connectivity index (χ1v) is 6.41. The lowest BCUT2D eigenvalue weighted by Gasteiger charge is -2.07. The number of aromatic nitrogens is 1. The van der Waals surface area contributed by atoms with Crippen molar-refractivity contribution >= 4 is 10.1 Å². The van der Waals surface area contributed by atoms with E-state index in [4.69, 9.17) is 4.18 Å². The first kappa shape index (κ1) is 11.6. The predicted molar refractivity (Wildman–Crippen MR) is 63.2 cm³/mol. The molecule has 0 radical (unpaired) electrons. The molecule has 4 nitrogen and oxygen atoms in total. The lowest BCUT2D eigenvalue weighted by molar-refractivity contribution is 0.474. The van der Waals surface area contributed by atoms with Gasteiger partial charge in [-0.05, 0) is 25.1 Å². The van der Waals surface area contributed by atoms with Gasteiger partial charge in [0.05, 0.1) is 0 Å². The molecule has 0 atom stereocenters. The molecule has 88 valence electrons. The van der Waals surface area contributed by atoms with E-state index in [1.807, 2.05) is 0 Å². The first-order chi connectivity index (χ1) is 8.09. The van der Waals surface area contributed by atoms with Crippen molar-refractivity contribution in [2.45, 2.75) is 11.8 Å². The molecule has 0 spiro atoms. The molecule has 0 aliphatic carbocycles. The van der Waals surface area contributed by atoms with Gasteiger partial charge in [-0.2, -0.15) is 8.42 Å². The monoisotopic (exact) mass is 249 g/mol. The molecule has 0 aliphatic rings. The second kappa shape index (κ2) is 4.55. The lowest BCUT2D eigenvalue weighted by Crippen LogP contribution is -2.11. The zero-order chi connectivity index (χ0) is 12.3. The third-order valence-corrected chi connectivity index (χ3v) is 3.41. The third-order valence-electron chi connectivity index (χ3n) is 2.18. The quantitative estimate of drug-likeness (QED) is 0.782. The highest BCUT2D eigenvalue weighted by Crippen LogP contribution is 2.19. The molecule has 0 saturated heterocycles. The van der Waals surface area contributed by atoms with Gasteiger partial charge in [-0.1, -0.05) is 24.3 Å². The SMILES string of the molecule is Cc1cccnc1OS(=O)(=O)c1ccccc1. The van der Waals surface area contributed by atoms with Crippen LogP contribution in [0, 0.1) is 6.92 Å². The van der Waals surface area contributed by atoms with E-state index in [1.165, 1.54) is 18.3 Å². The van der Waals surface area contributed by atoms with Gasteiger partial charge in [0.1, 0.15) is 4.90 Å². The Bertz CT molecular complexity index is 609. The Hall–Kier alpha value is -1.88. The fourth-order valence-corrected chi connectivity index (χ4v) is 2.27. The summed E-state index contributed by atoms with van der Waals surface area (Å²) in [6.07, 6.45) is 1.49. The zero-order valence-corrected chi connectivity index (χ0v) is 10.0. The summed E-state index contributed by atoms with van der Waals surface area (Å²) in [5.41, 5.74) is 0.673. The summed E-state index contributed by atoms with van der Waals surface area (Å²) < 4.78 is 28.8. The maximum atomic E-state index is 11.9. The minimum Gasteiger partial charge on any atom is -0.358 e. The van der Waals surface area contributed by atoms with Gasteiger partial charge in [-0.3, -0.25) is 0 Å². The molecule has 1 aromatic carbocycles. The highest BCUT2D eigenvalue weighted by Gasteiger charge is 2.17. The molecule has 2 aromatic rings. The maximum Gasteiger partial charge on any atom is 0.340 e. The van der Waals surface area contributed by atoms with Gasteiger partial charge < -0.3 is 4.18 Å². The minimum absolute atomic E-state index is 0.108. The summed E-state index contributed by atoms with van der Waals surface area (Å²) in [5, 5.41) is 0. The van der Waals surface area contributed by atoms with E-state index >= 15 is 0 Å². The van der Waals surface area contributed by atoms with Crippen molar-refractivity contribution < 1.29 is 12.6 Å². The molecule has 0 unspecified atom stereocenters. The Morgan fingerprint density at radius 2 is 1.76 bits per heavy atom. The summed E-state index contributed by atoms with van der Waals surface area (Å²) >= 11 is 0. The van der Waals surface area contributed by atoms with Gasteiger partial charge in [0, 0.05) is 11.8 Å². The van der Waals surface area contributed by atoms with Gasteiger partial charge in [0.15, 0.2) is 0 Å². The molecule has 0 saturated carbocycles. The van der Waals surface area contributed by atoms with Crippen molar-refractivity contribution in [2.24, 2.45) is 0 Å². The second-order valence-electron chi connectivity index (χ2n) is 3.48. The van der Waals surface area contributed by atoms with E-state index in [2.05, 4.69) is 4.98 Å². The van der Waals surface area contributed by atoms with Crippen molar-refractivity contribution in [3.8, 4) is 5.88 Å². The smallest absolute Gasteiger partial charge is 0.340 e. The van der Waals surface area contributed by atoms with Crippen LogP contribution >= 0.6 is 0 Å². The highest BCUT2D eigenvalue weighted by molar-refractivity contribution is 7.87. The van der Waals surface area contributed by atoms with E-state index in [0.29, 0.717) is 5.56 Å². The molecule has 5 heteroatoms. The molecule has 0 amide bonds. The Labute approximate surface area is 100 Å². The van der Waals surface area contributed by atoms with E-state index in [9.17, 15) is 8.42 Å². The van der Waals surface area contributed by atoms with E-state index in [1.54, 1.807) is 37.3 Å². The molecule has 0 N–H and O–H groups in total. The summed E-state index contributed by atoms with van der Waals surface area (Å²) in [4.78, 5) is 4.00. The fourth-order valence-electron chi connectivity index (χ4n) is 1.30. The average molecular weight is 249 g/mol. The average Bonchev–Trinajstić information content (AvgIpc) is 2.33. The molecule has 0 bridgehead atoms. The number of hydrogen-bond acceptors (Lipinski definition) is 4. The molecular weight excluding hydrogens is 238 g/mol. The molecular formula is C12H11NO3S. The summed E-state index contributed by atoms with van der Waals surface area (Å²) in [5.74, 6) is 0.108. The van der Waals surface area contributed by atoms with E-state index in [-0.39, 0.29) is 10.8 Å². The molecule has 0 fully saturated rings. The van der Waals surface area contributed by atoms with Crippen LogP contribution in [-0.4, -0.2) is 13.4 Å². The number of rotatable bonds is 3. The fraction of sp³-hybridized carbons (Fsp3) is 0.0833. The van der Waals surface area contributed by atoms with Crippen molar-refractivity contribution in [1.29, 1.82) is 0 Å². The van der Waals surface area contributed by atoms with Crippen LogP contribution < -0.4 is 4.18 Å².